The molecule has 0 spiro atoms. The summed E-state index contributed by atoms with van der Waals surface area (Å²) in [6.45, 7) is 0. The van der Waals surface area contributed by atoms with E-state index >= 15 is 0 Å². The molecular weight excluding hydrogens is 243 g/mol. The van der Waals surface area contributed by atoms with E-state index in [1.165, 1.54) is 11.1 Å². The van der Waals surface area contributed by atoms with Crippen LogP contribution < -0.4 is 0 Å². The lowest BCUT2D eigenvalue weighted by Crippen LogP contribution is -2.20. The molecule has 13 heavy (non-hydrogen) atoms. The van der Waals surface area contributed by atoms with Gasteiger partial charge in [0.15, 0.2) is 0 Å². The van der Waals surface area contributed by atoms with Crippen molar-refractivity contribution in [1.82, 2.24) is 0 Å². The summed E-state index contributed by atoms with van der Waals surface area (Å²) in [6, 6.07) is 5.71. The van der Waals surface area contributed by atoms with Crippen LogP contribution in [0.3, 0.4) is 0 Å². The van der Waals surface area contributed by atoms with Gasteiger partial charge in [-0.25, -0.2) is 0 Å². The third kappa shape index (κ3) is 1.89. The molecular formula is C9H9Cl3Si. The zero-order chi connectivity index (χ0) is 9.47. The average molecular weight is 252 g/mol. The molecule has 0 aliphatic heterocycles. The lowest BCUT2D eigenvalue weighted by molar-refractivity contribution is 0.872. The van der Waals surface area contributed by atoms with E-state index in [4.69, 9.17) is 33.2 Å². The van der Waals surface area contributed by atoms with E-state index in [0.29, 0.717) is 0 Å². The normalized spacial score (nSPS) is 21.6. The average Bonchev–Trinajstić information content (AvgIpc) is 2.45. The van der Waals surface area contributed by atoms with Gasteiger partial charge in [-0.05, 0) is 24.0 Å². The highest BCUT2D eigenvalue weighted by Crippen LogP contribution is 2.44. The number of aryl methyl sites for hydroxylation is 1. The summed E-state index contributed by atoms with van der Waals surface area (Å²) in [4.78, 5) is 0. The lowest BCUT2D eigenvalue weighted by atomic mass is 10.1. The Morgan fingerprint density at radius 2 is 1.85 bits per heavy atom. The first-order chi connectivity index (χ1) is 6.09. The molecule has 0 heterocycles. The maximum absolute atomic E-state index is 6.04. The standard InChI is InChI=1S/C9H9Cl3Si/c10-13(11,12)9-6-5-7-3-1-2-4-8(7)9/h1-4,9H,5-6H2/t9-/m1/s1. The molecule has 0 saturated heterocycles. The topological polar surface area (TPSA) is 0 Å². The van der Waals surface area contributed by atoms with E-state index in [1.54, 1.807) is 0 Å². The molecule has 0 N–H and O–H groups in total. The van der Waals surface area contributed by atoms with Gasteiger partial charge in [-0.15, -0.1) is 33.2 Å². The second-order valence-electron chi connectivity index (χ2n) is 3.33. The van der Waals surface area contributed by atoms with Crippen LogP contribution in [0.2, 0.25) is 0 Å². The molecule has 0 saturated carbocycles. The van der Waals surface area contributed by atoms with Gasteiger partial charge in [0.2, 0.25) is 0 Å². The zero-order valence-electron chi connectivity index (χ0n) is 6.93. The summed E-state index contributed by atoms with van der Waals surface area (Å²) in [5.74, 6) is 0. The molecule has 0 nitrogen and oxygen atoms in total. The molecule has 0 radical (unpaired) electrons. The van der Waals surface area contributed by atoms with Crippen molar-refractivity contribution >= 4 is 39.2 Å². The highest BCUT2D eigenvalue weighted by molar-refractivity contribution is 7.65. The molecule has 1 aromatic carbocycles. The van der Waals surface area contributed by atoms with Crippen molar-refractivity contribution < 1.29 is 0 Å². The Hall–Kier alpha value is 0.307. The van der Waals surface area contributed by atoms with E-state index < -0.39 is 6.00 Å². The van der Waals surface area contributed by atoms with E-state index in [-0.39, 0.29) is 5.54 Å². The number of rotatable bonds is 1. The largest absolute Gasteiger partial charge is 0.348 e. The lowest BCUT2D eigenvalue weighted by Gasteiger charge is -2.17. The number of fused-ring (bicyclic) bond motifs is 1. The smallest absolute Gasteiger partial charge is 0.125 e. The van der Waals surface area contributed by atoms with Crippen LogP contribution in [-0.2, 0) is 6.42 Å². The first-order valence-electron chi connectivity index (χ1n) is 4.23. The van der Waals surface area contributed by atoms with Crippen LogP contribution in [-0.4, -0.2) is 6.00 Å². The number of hydrogen-bond donors (Lipinski definition) is 0. The molecule has 0 fully saturated rings. The number of hydrogen-bond acceptors (Lipinski definition) is 0. The Morgan fingerprint density at radius 1 is 1.15 bits per heavy atom. The van der Waals surface area contributed by atoms with Crippen LogP contribution in [0.5, 0.6) is 0 Å². The summed E-state index contributed by atoms with van der Waals surface area (Å²) in [6.07, 6.45) is 2.06. The monoisotopic (exact) mass is 250 g/mol. The first kappa shape index (κ1) is 9.85. The summed E-state index contributed by atoms with van der Waals surface area (Å²) < 4.78 is 0. The quantitative estimate of drug-likeness (QED) is 0.524. The van der Waals surface area contributed by atoms with Crippen LogP contribution in [0.4, 0.5) is 0 Å². The van der Waals surface area contributed by atoms with Crippen LogP contribution in [0.1, 0.15) is 23.1 Å². The van der Waals surface area contributed by atoms with Crippen molar-refractivity contribution in [3.05, 3.63) is 35.4 Å². The van der Waals surface area contributed by atoms with Crippen molar-refractivity contribution in [3.8, 4) is 0 Å². The molecule has 0 bridgehead atoms. The van der Waals surface area contributed by atoms with Crippen molar-refractivity contribution in [3.63, 3.8) is 0 Å². The summed E-state index contributed by atoms with van der Waals surface area (Å²) in [7, 11) is 0. The predicted octanol–water partition coefficient (Wildman–Crippen LogP) is 3.91. The molecule has 2 rings (SSSR count). The Morgan fingerprint density at radius 3 is 2.54 bits per heavy atom. The number of benzene rings is 1. The van der Waals surface area contributed by atoms with Gasteiger partial charge >= 0.3 is 6.00 Å². The molecule has 0 unspecified atom stereocenters. The van der Waals surface area contributed by atoms with E-state index in [2.05, 4.69) is 12.1 Å². The maximum atomic E-state index is 6.04. The minimum Gasteiger partial charge on any atom is -0.125 e. The molecule has 4 heteroatoms. The van der Waals surface area contributed by atoms with Gasteiger partial charge in [-0.2, -0.15) is 0 Å². The highest BCUT2D eigenvalue weighted by atomic mass is 35.8. The van der Waals surface area contributed by atoms with Crippen molar-refractivity contribution in [1.29, 1.82) is 0 Å². The van der Waals surface area contributed by atoms with Crippen LogP contribution in [0.15, 0.2) is 24.3 Å². The van der Waals surface area contributed by atoms with Gasteiger partial charge in [0.1, 0.15) is 0 Å². The molecule has 1 aliphatic rings. The molecule has 0 amide bonds. The zero-order valence-corrected chi connectivity index (χ0v) is 10.2. The summed E-state index contributed by atoms with van der Waals surface area (Å²) >= 11 is 18.1. The minimum atomic E-state index is -2.56. The summed E-state index contributed by atoms with van der Waals surface area (Å²) in [5, 5.41) is 0. The minimum absolute atomic E-state index is 0.202. The van der Waals surface area contributed by atoms with Crippen molar-refractivity contribution in [2.24, 2.45) is 0 Å². The SMILES string of the molecule is Cl[Si](Cl)(Cl)[C@@H]1CCc2ccccc21. The van der Waals surface area contributed by atoms with Gasteiger partial charge in [0, 0.05) is 5.54 Å². The molecule has 0 aromatic heterocycles. The fourth-order valence-corrected chi connectivity index (χ4v) is 5.04. The predicted molar refractivity (Wildman–Crippen MR) is 60.8 cm³/mol. The van der Waals surface area contributed by atoms with Crippen LogP contribution >= 0.6 is 33.2 Å². The Labute approximate surface area is 92.9 Å². The highest BCUT2D eigenvalue weighted by Gasteiger charge is 2.41. The molecule has 1 aliphatic carbocycles. The maximum Gasteiger partial charge on any atom is 0.348 e. The second kappa shape index (κ2) is 3.47. The third-order valence-electron chi connectivity index (χ3n) is 2.53. The molecule has 70 valence electrons. The van der Waals surface area contributed by atoms with Gasteiger partial charge in [0.05, 0.1) is 0 Å². The van der Waals surface area contributed by atoms with Gasteiger partial charge < -0.3 is 0 Å². The van der Waals surface area contributed by atoms with Crippen molar-refractivity contribution in [2.45, 2.75) is 18.4 Å². The molecule has 1 atom stereocenters. The fraction of sp³-hybridized carbons (Fsp3) is 0.333. The molecule has 1 aromatic rings. The van der Waals surface area contributed by atoms with Crippen LogP contribution in [0, 0.1) is 0 Å². The van der Waals surface area contributed by atoms with E-state index in [1.807, 2.05) is 12.1 Å². The number of halogens is 3. The Balaban J connectivity index is 2.39. The second-order valence-corrected chi connectivity index (χ2v) is 12.2. The summed E-state index contributed by atoms with van der Waals surface area (Å²) in [5.41, 5.74) is 2.81. The van der Waals surface area contributed by atoms with E-state index in [0.717, 1.165) is 12.8 Å². The Bertz CT molecular complexity index is 319. The third-order valence-corrected chi connectivity index (χ3v) is 6.29. The Kier molecular flexibility index (Phi) is 2.63. The van der Waals surface area contributed by atoms with Crippen LogP contribution in [0.25, 0.3) is 0 Å². The van der Waals surface area contributed by atoms with Gasteiger partial charge in [-0.3, -0.25) is 0 Å². The van der Waals surface area contributed by atoms with Gasteiger partial charge in [-0.1, -0.05) is 24.3 Å². The van der Waals surface area contributed by atoms with Gasteiger partial charge in [0.25, 0.3) is 0 Å². The van der Waals surface area contributed by atoms with E-state index in [9.17, 15) is 0 Å². The van der Waals surface area contributed by atoms with Crippen molar-refractivity contribution in [2.75, 3.05) is 0 Å². The first-order valence-corrected chi connectivity index (χ1v) is 9.35. The fourth-order valence-electron chi connectivity index (χ4n) is 1.90.